The first kappa shape index (κ1) is 22.3. The number of halogens is 1. The van der Waals surface area contributed by atoms with Gasteiger partial charge < -0.3 is 20.7 Å². The molecule has 0 radical (unpaired) electrons. The van der Waals surface area contributed by atoms with Crippen LogP contribution in [-0.4, -0.2) is 38.1 Å². The molecular formula is C23H28ClN3O3. The van der Waals surface area contributed by atoms with Crippen LogP contribution in [0.3, 0.4) is 0 Å². The van der Waals surface area contributed by atoms with Crippen LogP contribution in [0.25, 0.3) is 0 Å². The number of nitrogens with zero attached hydrogens (tertiary/aromatic N) is 1. The summed E-state index contributed by atoms with van der Waals surface area (Å²) in [6.45, 7) is 2.17. The number of para-hydroxylation sites is 1. The van der Waals surface area contributed by atoms with E-state index < -0.39 is 5.41 Å². The molecule has 160 valence electrons. The Hall–Kier alpha value is -2.41. The Morgan fingerprint density at radius 3 is 2.47 bits per heavy atom. The van der Waals surface area contributed by atoms with Gasteiger partial charge in [0, 0.05) is 37.7 Å². The van der Waals surface area contributed by atoms with E-state index in [0.717, 1.165) is 29.9 Å². The Kier molecular flexibility index (Phi) is 7.13. The third kappa shape index (κ3) is 4.51. The van der Waals surface area contributed by atoms with E-state index in [2.05, 4.69) is 11.4 Å². The molecule has 0 spiro atoms. The highest BCUT2D eigenvalue weighted by atomic mass is 35.5. The van der Waals surface area contributed by atoms with Crippen LogP contribution < -0.4 is 16.0 Å². The second-order valence-electron chi connectivity index (χ2n) is 7.85. The zero-order chi connectivity index (χ0) is 20.3. The number of fused-ring (bicyclic) bond motifs is 1. The molecule has 4 rings (SSSR count). The van der Waals surface area contributed by atoms with Crippen molar-refractivity contribution in [2.75, 3.05) is 36.5 Å². The average molecular weight is 430 g/mol. The molecule has 0 aliphatic carbocycles. The van der Waals surface area contributed by atoms with Crippen LogP contribution in [0.2, 0.25) is 0 Å². The van der Waals surface area contributed by atoms with Gasteiger partial charge in [0.2, 0.25) is 11.8 Å². The third-order valence-electron chi connectivity index (χ3n) is 6.08. The topological polar surface area (TPSA) is 84.7 Å². The van der Waals surface area contributed by atoms with Gasteiger partial charge in [0.1, 0.15) is 0 Å². The highest BCUT2D eigenvalue weighted by Gasteiger charge is 2.38. The first-order valence-electron chi connectivity index (χ1n) is 10.2. The summed E-state index contributed by atoms with van der Waals surface area (Å²) < 4.78 is 5.37. The van der Waals surface area contributed by atoms with Crippen molar-refractivity contribution in [1.82, 2.24) is 0 Å². The van der Waals surface area contributed by atoms with Crippen molar-refractivity contribution in [3.05, 3.63) is 59.7 Å². The molecule has 1 fully saturated rings. The summed E-state index contributed by atoms with van der Waals surface area (Å²) in [5.74, 6) is 0.0387. The van der Waals surface area contributed by atoms with Crippen LogP contribution in [0.15, 0.2) is 48.5 Å². The summed E-state index contributed by atoms with van der Waals surface area (Å²) in [5, 5.41) is 2.98. The van der Waals surface area contributed by atoms with E-state index in [-0.39, 0.29) is 24.2 Å². The molecule has 0 atom stereocenters. The number of carbonyl (C=O) groups excluding carboxylic acids is 2. The van der Waals surface area contributed by atoms with Gasteiger partial charge in [-0.25, -0.2) is 0 Å². The van der Waals surface area contributed by atoms with E-state index in [1.807, 2.05) is 47.4 Å². The van der Waals surface area contributed by atoms with Gasteiger partial charge in [-0.3, -0.25) is 9.59 Å². The fraction of sp³-hybridized carbons (Fsp3) is 0.391. The van der Waals surface area contributed by atoms with Crippen molar-refractivity contribution in [3.8, 4) is 0 Å². The molecular weight excluding hydrogens is 402 g/mol. The number of nitrogens with two attached hydrogens (primary N) is 1. The molecule has 2 aliphatic heterocycles. The quantitative estimate of drug-likeness (QED) is 0.765. The molecule has 2 heterocycles. The van der Waals surface area contributed by atoms with Gasteiger partial charge in [0.15, 0.2) is 0 Å². The minimum absolute atomic E-state index is 0. The Labute approximate surface area is 183 Å². The zero-order valence-corrected chi connectivity index (χ0v) is 17.7. The van der Waals surface area contributed by atoms with Crippen LogP contribution in [0.4, 0.5) is 11.4 Å². The smallest absolute Gasteiger partial charge is 0.232 e. The summed E-state index contributed by atoms with van der Waals surface area (Å²) in [5.41, 5.74) is 9.24. The standard InChI is InChI=1S/C23H27N3O3.ClH/c24-16-23(10-13-29-14-11-23)22(28)25-19-7-5-17(6-8-19)15-21(27)26-12-9-18-3-1-2-4-20(18)26;/h1-8H,9-16,24H2,(H,25,28);1H. The van der Waals surface area contributed by atoms with Crippen molar-refractivity contribution in [3.63, 3.8) is 0 Å². The van der Waals surface area contributed by atoms with Crippen LogP contribution >= 0.6 is 12.4 Å². The van der Waals surface area contributed by atoms with Crippen molar-refractivity contribution in [2.24, 2.45) is 11.1 Å². The summed E-state index contributed by atoms with van der Waals surface area (Å²) in [6.07, 6.45) is 2.52. The maximum absolute atomic E-state index is 12.8. The summed E-state index contributed by atoms with van der Waals surface area (Å²) in [7, 11) is 0. The summed E-state index contributed by atoms with van der Waals surface area (Å²) >= 11 is 0. The van der Waals surface area contributed by atoms with Gasteiger partial charge in [-0.1, -0.05) is 30.3 Å². The number of amides is 2. The van der Waals surface area contributed by atoms with E-state index in [4.69, 9.17) is 10.5 Å². The van der Waals surface area contributed by atoms with Crippen LogP contribution in [0, 0.1) is 5.41 Å². The lowest BCUT2D eigenvalue weighted by molar-refractivity contribution is -0.130. The molecule has 7 heteroatoms. The molecule has 0 saturated carbocycles. The highest BCUT2D eigenvalue weighted by Crippen LogP contribution is 2.31. The second kappa shape index (κ2) is 9.60. The van der Waals surface area contributed by atoms with Gasteiger partial charge in [-0.15, -0.1) is 12.4 Å². The lowest BCUT2D eigenvalue weighted by atomic mass is 9.79. The molecule has 1 saturated heterocycles. The number of anilines is 2. The first-order chi connectivity index (χ1) is 14.1. The molecule has 2 aliphatic rings. The second-order valence-corrected chi connectivity index (χ2v) is 7.85. The van der Waals surface area contributed by atoms with Crippen molar-refractivity contribution in [1.29, 1.82) is 0 Å². The van der Waals surface area contributed by atoms with E-state index in [9.17, 15) is 9.59 Å². The van der Waals surface area contributed by atoms with E-state index >= 15 is 0 Å². The molecule has 30 heavy (non-hydrogen) atoms. The fourth-order valence-electron chi connectivity index (χ4n) is 4.12. The molecule has 2 amide bonds. The molecule has 6 nitrogen and oxygen atoms in total. The summed E-state index contributed by atoms with van der Waals surface area (Å²) in [4.78, 5) is 27.4. The number of ether oxygens (including phenoxy) is 1. The van der Waals surface area contributed by atoms with Crippen LogP contribution in [0.1, 0.15) is 24.0 Å². The number of nitrogens with one attached hydrogen (secondary N) is 1. The van der Waals surface area contributed by atoms with Crippen LogP contribution in [0.5, 0.6) is 0 Å². The number of hydrogen-bond donors (Lipinski definition) is 2. The Bertz CT molecular complexity index is 895. The lowest BCUT2D eigenvalue weighted by Gasteiger charge is -2.34. The van der Waals surface area contributed by atoms with E-state index in [1.54, 1.807) is 0 Å². The lowest BCUT2D eigenvalue weighted by Crippen LogP contribution is -2.46. The zero-order valence-electron chi connectivity index (χ0n) is 16.9. The van der Waals surface area contributed by atoms with E-state index in [0.29, 0.717) is 39.0 Å². The van der Waals surface area contributed by atoms with Crippen LogP contribution in [-0.2, 0) is 27.2 Å². The van der Waals surface area contributed by atoms with Gasteiger partial charge in [0.25, 0.3) is 0 Å². The van der Waals surface area contributed by atoms with Crippen molar-refractivity contribution in [2.45, 2.75) is 25.7 Å². The Morgan fingerprint density at radius 1 is 1.07 bits per heavy atom. The first-order valence-corrected chi connectivity index (χ1v) is 10.2. The van der Waals surface area contributed by atoms with Crippen molar-refractivity contribution < 1.29 is 14.3 Å². The normalized spacial score (nSPS) is 17.0. The maximum Gasteiger partial charge on any atom is 0.232 e. The minimum Gasteiger partial charge on any atom is -0.381 e. The molecule has 2 aromatic carbocycles. The van der Waals surface area contributed by atoms with E-state index in [1.165, 1.54) is 5.56 Å². The predicted octanol–water partition coefficient (Wildman–Crippen LogP) is 2.93. The van der Waals surface area contributed by atoms with Gasteiger partial charge >= 0.3 is 0 Å². The van der Waals surface area contributed by atoms with Gasteiger partial charge in [-0.2, -0.15) is 0 Å². The minimum atomic E-state index is -0.559. The van der Waals surface area contributed by atoms with Gasteiger partial charge in [-0.05, 0) is 48.6 Å². The number of rotatable bonds is 5. The Morgan fingerprint density at radius 2 is 1.77 bits per heavy atom. The monoisotopic (exact) mass is 429 g/mol. The summed E-state index contributed by atoms with van der Waals surface area (Å²) in [6, 6.07) is 15.5. The Balaban J connectivity index is 0.00000256. The number of benzene rings is 2. The molecule has 3 N–H and O–H groups in total. The maximum atomic E-state index is 12.8. The predicted molar refractivity (Wildman–Crippen MR) is 120 cm³/mol. The largest absolute Gasteiger partial charge is 0.381 e. The molecule has 0 unspecified atom stereocenters. The highest BCUT2D eigenvalue weighted by molar-refractivity contribution is 5.97. The molecule has 2 aromatic rings. The average Bonchev–Trinajstić information content (AvgIpc) is 3.20. The number of hydrogen-bond acceptors (Lipinski definition) is 4. The number of carbonyl (C=O) groups is 2. The fourth-order valence-corrected chi connectivity index (χ4v) is 4.12. The molecule has 0 aromatic heterocycles. The SMILES string of the molecule is Cl.NCC1(C(=O)Nc2ccc(CC(=O)N3CCc4ccccc43)cc2)CCOCC1. The third-order valence-corrected chi connectivity index (χ3v) is 6.08. The van der Waals surface area contributed by atoms with Gasteiger partial charge in [0.05, 0.1) is 11.8 Å². The molecule has 0 bridgehead atoms. The van der Waals surface area contributed by atoms with Crippen molar-refractivity contribution >= 4 is 35.6 Å².